The van der Waals surface area contributed by atoms with E-state index in [0.29, 0.717) is 17.7 Å². The Balaban J connectivity index is 1.38. The van der Waals surface area contributed by atoms with Crippen molar-refractivity contribution in [1.82, 2.24) is 20.0 Å². The van der Waals surface area contributed by atoms with Crippen LogP contribution in [0.1, 0.15) is 60.2 Å². The number of aromatic nitrogens is 2. The highest BCUT2D eigenvalue weighted by Crippen LogP contribution is 2.47. The lowest BCUT2D eigenvalue weighted by Gasteiger charge is -2.32. The Hall–Kier alpha value is -2.08. The first-order chi connectivity index (χ1) is 12.1. The molecule has 2 aromatic heterocycles. The third-order valence-corrected chi connectivity index (χ3v) is 5.46. The van der Waals surface area contributed by atoms with Crippen LogP contribution in [0, 0.1) is 5.92 Å². The minimum absolute atomic E-state index is 0.135. The summed E-state index contributed by atoms with van der Waals surface area (Å²) < 4.78 is 8.00. The lowest BCUT2D eigenvalue weighted by atomic mass is 10.1. The summed E-state index contributed by atoms with van der Waals surface area (Å²) >= 11 is 0. The van der Waals surface area contributed by atoms with Crippen molar-refractivity contribution in [2.45, 2.75) is 44.7 Å². The Morgan fingerprint density at radius 1 is 1.40 bits per heavy atom. The zero-order valence-corrected chi connectivity index (χ0v) is 14.9. The van der Waals surface area contributed by atoms with E-state index >= 15 is 0 Å². The van der Waals surface area contributed by atoms with Crippen molar-refractivity contribution in [3.8, 4) is 0 Å². The van der Waals surface area contributed by atoms with Crippen molar-refractivity contribution in [1.29, 1.82) is 0 Å². The lowest BCUT2D eigenvalue weighted by molar-refractivity contribution is 0.0955. The van der Waals surface area contributed by atoms with Gasteiger partial charge in [-0.15, -0.1) is 0 Å². The predicted molar refractivity (Wildman–Crippen MR) is 94.4 cm³/mol. The molecule has 1 amide bonds. The number of piperidine rings is 1. The average molecular weight is 342 g/mol. The first-order valence-corrected chi connectivity index (χ1v) is 9.22. The zero-order chi connectivity index (χ0) is 17.4. The van der Waals surface area contributed by atoms with Crippen LogP contribution < -0.4 is 5.32 Å². The number of hydrogen-bond acceptors (Lipinski definition) is 4. The summed E-state index contributed by atoms with van der Waals surface area (Å²) in [6.07, 6.45) is 5.39. The molecule has 1 saturated carbocycles. The second kappa shape index (κ2) is 6.67. The van der Waals surface area contributed by atoms with E-state index in [9.17, 15) is 4.79 Å². The van der Waals surface area contributed by atoms with Gasteiger partial charge in [0.15, 0.2) is 0 Å². The molecule has 3 atom stereocenters. The van der Waals surface area contributed by atoms with Gasteiger partial charge in [0.1, 0.15) is 17.2 Å². The number of hydrogen-bond donors (Lipinski definition) is 1. The first-order valence-electron chi connectivity index (χ1n) is 9.22. The van der Waals surface area contributed by atoms with E-state index in [0.717, 1.165) is 49.9 Å². The molecule has 134 valence electrons. The maximum atomic E-state index is 11.7. The molecule has 6 heteroatoms. The van der Waals surface area contributed by atoms with Crippen LogP contribution in [-0.4, -0.2) is 40.7 Å². The van der Waals surface area contributed by atoms with Crippen LogP contribution in [0.15, 0.2) is 28.8 Å². The molecule has 1 saturated heterocycles. The van der Waals surface area contributed by atoms with Gasteiger partial charge in [-0.25, -0.2) is 0 Å². The van der Waals surface area contributed by atoms with Crippen molar-refractivity contribution in [3.05, 3.63) is 41.6 Å². The maximum Gasteiger partial charge on any atom is 0.271 e. The van der Waals surface area contributed by atoms with Crippen LogP contribution in [0.4, 0.5) is 0 Å². The van der Waals surface area contributed by atoms with E-state index in [-0.39, 0.29) is 5.91 Å². The summed E-state index contributed by atoms with van der Waals surface area (Å²) in [6.45, 7) is 5.14. The number of likely N-dealkylation sites (tertiary alicyclic amines) is 1. The van der Waals surface area contributed by atoms with Gasteiger partial charge in [-0.05, 0) is 49.9 Å². The van der Waals surface area contributed by atoms with E-state index in [1.165, 1.54) is 6.42 Å². The van der Waals surface area contributed by atoms with Crippen LogP contribution in [0.25, 0.3) is 0 Å². The van der Waals surface area contributed by atoms with Crippen LogP contribution in [0.2, 0.25) is 0 Å². The fourth-order valence-electron chi connectivity index (χ4n) is 3.80. The average Bonchev–Trinajstić information content (AvgIpc) is 3.05. The molecule has 4 rings (SSSR count). The van der Waals surface area contributed by atoms with E-state index in [1.807, 2.05) is 10.9 Å². The Labute approximate surface area is 148 Å². The van der Waals surface area contributed by atoms with Gasteiger partial charge in [0.2, 0.25) is 0 Å². The highest BCUT2D eigenvalue weighted by atomic mass is 16.3. The second-order valence-corrected chi connectivity index (χ2v) is 7.41. The number of carbonyl (C=O) groups is 1. The second-order valence-electron chi connectivity index (χ2n) is 7.41. The van der Waals surface area contributed by atoms with E-state index < -0.39 is 0 Å². The molecule has 6 nitrogen and oxygen atoms in total. The zero-order valence-electron chi connectivity index (χ0n) is 14.9. The maximum absolute atomic E-state index is 11.7. The van der Waals surface area contributed by atoms with Gasteiger partial charge < -0.3 is 9.73 Å². The lowest BCUT2D eigenvalue weighted by Crippen LogP contribution is -2.36. The summed E-state index contributed by atoms with van der Waals surface area (Å²) in [5.74, 6) is 3.48. The molecule has 0 bridgehead atoms. The number of amides is 1. The molecule has 3 heterocycles. The number of nitrogens with zero attached hydrogens (tertiary/aromatic N) is 3. The van der Waals surface area contributed by atoms with E-state index in [1.54, 1.807) is 13.1 Å². The quantitative estimate of drug-likeness (QED) is 0.907. The van der Waals surface area contributed by atoms with Gasteiger partial charge in [0.25, 0.3) is 5.91 Å². The molecule has 3 unspecified atom stereocenters. The van der Waals surface area contributed by atoms with Gasteiger partial charge in [-0.1, -0.05) is 6.92 Å². The molecule has 2 fully saturated rings. The number of carbonyl (C=O) groups excluding carboxylic acids is 1. The van der Waals surface area contributed by atoms with E-state index in [2.05, 4.69) is 34.4 Å². The smallest absolute Gasteiger partial charge is 0.271 e. The van der Waals surface area contributed by atoms with E-state index in [4.69, 9.17) is 4.42 Å². The number of nitrogens with one attached hydrogen (secondary N) is 1. The van der Waals surface area contributed by atoms with Gasteiger partial charge >= 0.3 is 0 Å². The van der Waals surface area contributed by atoms with Crippen LogP contribution >= 0.6 is 0 Å². The molecule has 0 spiro atoms. The fourth-order valence-corrected chi connectivity index (χ4v) is 3.80. The third kappa shape index (κ3) is 3.49. The largest absolute Gasteiger partial charge is 0.464 e. The van der Waals surface area contributed by atoms with Gasteiger partial charge in [-0.2, -0.15) is 5.10 Å². The highest BCUT2D eigenvalue weighted by Gasteiger charge is 2.36. The van der Waals surface area contributed by atoms with Crippen molar-refractivity contribution < 1.29 is 9.21 Å². The van der Waals surface area contributed by atoms with Crippen LogP contribution in [0.3, 0.4) is 0 Å². The Kier molecular flexibility index (Phi) is 4.37. The molecule has 2 aliphatic rings. The standard InChI is InChI=1S/C19H26N4O2/c1-13-10-16(13)18-6-5-15(25-18)12-22-8-3-4-14(11-22)23-9-7-17(21-23)19(24)20-2/h5-7,9,13-14,16H,3-4,8,10-12H2,1-2H3,(H,20,24). The molecule has 1 N–H and O–H groups in total. The van der Waals surface area contributed by atoms with Gasteiger partial charge in [-0.3, -0.25) is 14.4 Å². The molecule has 2 aromatic rings. The molecular weight excluding hydrogens is 316 g/mol. The molecule has 0 aromatic carbocycles. The fraction of sp³-hybridized carbons (Fsp3) is 0.579. The first kappa shape index (κ1) is 16.4. The number of rotatable bonds is 5. The summed E-state index contributed by atoms with van der Waals surface area (Å²) in [7, 11) is 1.63. The van der Waals surface area contributed by atoms with Gasteiger partial charge in [0.05, 0.1) is 12.6 Å². The van der Waals surface area contributed by atoms with Crippen molar-refractivity contribution >= 4 is 5.91 Å². The monoisotopic (exact) mass is 342 g/mol. The minimum atomic E-state index is -0.135. The number of furan rings is 1. The molecule has 25 heavy (non-hydrogen) atoms. The van der Waals surface area contributed by atoms with Gasteiger partial charge in [0, 0.05) is 25.7 Å². The normalized spacial score (nSPS) is 26.6. The van der Waals surface area contributed by atoms with Crippen LogP contribution in [-0.2, 0) is 6.54 Å². The summed E-state index contributed by atoms with van der Waals surface area (Å²) in [5.41, 5.74) is 0.480. The Bertz CT molecular complexity index is 750. The molecule has 0 radical (unpaired) electrons. The topological polar surface area (TPSA) is 63.3 Å². The van der Waals surface area contributed by atoms with Crippen molar-refractivity contribution in [2.75, 3.05) is 20.1 Å². The molecule has 1 aliphatic heterocycles. The molecular formula is C19H26N4O2. The SMILES string of the molecule is CNC(=O)c1ccn(C2CCCN(Cc3ccc(C4CC4C)o3)C2)n1. The predicted octanol–water partition coefficient (Wildman–Crippen LogP) is 2.80. The summed E-state index contributed by atoms with van der Waals surface area (Å²) in [5, 5.41) is 7.07. The summed E-state index contributed by atoms with van der Waals surface area (Å²) in [6, 6.07) is 6.37. The van der Waals surface area contributed by atoms with Crippen molar-refractivity contribution in [2.24, 2.45) is 5.92 Å². The Morgan fingerprint density at radius 3 is 3.00 bits per heavy atom. The molecule has 1 aliphatic carbocycles. The van der Waals surface area contributed by atoms with Crippen molar-refractivity contribution in [3.63, 3.8) is 0 Å². The van der Waals surface area contributed by atoms with Crippen LogP contribution in [0.5, 0.6) is 0 Å². The third-order valence-electron chi connectivity index (χ3n) is 5.46. The summed E-state index contributed by atoms with van der Waals surface area (Å²) in [4.78, 5) is 14.1. The Morgan fingerprint density at radius 2 is 2.24 bits per heavy atom. The minimum Gasteiger partial charge on any atom is -0.464 e. The highest BCUT2D eigenvalue weighted by molar-refractivity contribution is 5.91.